The first-order chi connectivity index (χ1) is 10.7. The predicted octanol–water partition coefficient (Wildman–Crippen LogP) is -0.586. The lowest BCUT2D eigenvalue weighted by molar-refractivity contribution is 0.369. The van der Waals surface area contributed by atoms with Crippen LogP contribution in [0.15, 0.2) is 20.7 Å². The van der Waals surface area contributed by atoms with E-state index in [0.717, 1.165) is 53.9 Å². The van der Waals surface area contributed by atoms with Gasteiger partial charge in [0.1, 0.15) is 0 Å². The Hall–Kier alpha value is -1.45. The summed E-state index contributed by atoms with van der Waals surface area (Å²) in [4.78, 5) is 23.3. The number of nitrogens with zero attached hydrogens (tertiary/aromatic N) is 2. The van der Waals surface area contributed by atoms with E-state index >= 15 is 0 Å². The van der Waals surface area contributed by atoms with E-state index in [0.29, 0.717) is 0 Å². The average molecular weight is 344 g/mol. The molecule has 1 aromatic heterocycles. The van der Waals surface area contributed by atoms with Crippen molar-refractivity contribution in [3.05, 3.63) is 27.0 Å². The first-order valence-electron chi connectivity index (χ1n) is 7.71. The van der Waals surface area contributed by atoms with Crippen LogP contribution in [0.1, 0.15) is 38.5 Å². The maximum absolute atomic E-state index is 12.4. The first kappa shape index (κ1) is 17.9. The van der Waals surface area contributed by atoms with E-state index in [4.69, 9.17) is 5.73 Å². The highest BCUT2D eigenvalue weighted by atomic mass is 32.2. The highest BCUT2D eigenvalue weighted by Gasteiger charge is 2.29. The van der Waals surface area contributed by atoms with Crippen molar-refractivity contribution >= 4 is 10.0 Å². The van der Waals surface area contributed by atoms with E-state index in [1.807, 2.05) is 0 Å². The van der Waals surface area contributed by atoms with Crippen LogP contribution in [-0.4, -0.2) is 29.6 Å². The summed E-state index contributed by atoms with van der Waals surface area (Å²) in [5.41, 5.74) is 4.30. The molecular weight excluding hydrogens is 320 g/mol. The molecule has 0 aliphatic heterocycles. The molecule has 0 unspecified atom stereocenters. The lowest BCUT2D eigenvalue weighted by Gasteiger charge is -2.28. The van der Waals surface area contributed by atoms with Crippen LogP contribution >= 0.6 is 0 Å². The zero-order chi connectivity index (χ0) is 17.3. The molecule has 0 amide bonds. The third-order valence-electron chi connectivity index (χ3n) is 4.42. The lowest BCUT2D eigenvalue weighted by atomic mass is 9.92. The molecule has 2 rings (SSSR count). The molecular formula is C14H24N4O4S. The molecule has 1 aromatic rings. The second-order valence-corrected chi connectivity index (χ2v) is 8.09. The molecule has 0 spiro atoms. The summed E-state index contributed by atoms with van der Waals surface area (Å²) in [5.74, 6) is 0. The Bertz CT molecular complexity index is 786. The van der Waals surface area contributed by atoms with Crippen molar-refractivity contribution in [2.24, 2.45) is 19.8 Å². The summed E-state index contributed by atoms with van der Waals surface area (Å²) in [6.07, 6.45) is 6.70. The van der Waals surface area contributed by atoms with Gasteiger partial charge in [0.2, 0.25) is 10.0 Å². The van der Waals surface area contributed by atoms with Crippen LogP contribution in [-0.2, 0) is 24.1 Å². The molecule has 0 saturated heterocycles. The number of rotatable bonds is 4. The summed E-state index contributed by atoms with van der Waals surface area (Å²) in [5, 5.41) is 0. The first-order valence-corrected chi connectivity index (χ1v) is 9.20. The van der Waals surface area contributed by atoms with E-state index in [2.05, 4.69) is 4.72 Å². The van der Waals surface area contributed by atoms with Gasteiger partial charge in [0, 0.05) is 32.4 Å². The predicted molar refractivity (Wildman–Crippen MR) is 86.7 cm³/mol. The molecule has 0 radical (unpaired) electrons. The zero-order valence-electron chi connectivity index (χ0n) is 13.5. The third kappa shape index (κ3) is 3.91. The van der Waals surface area contributed by atoms with Crippen LogP contribution < -0.4 is 21.7 Å². The van der Waals surface area contributed by atoms with Gasteiger partial charge in [-0.1, -0.05) is 25.7 Å². The molecule has 1 aliphatic rings. The summed E-state index contributed by atoms with van der Waals surface area (Å²) in [6, 6.07) is 0. The van der Waals surface area contributed by atoms with E-state index < -0.39 is 31.7 Å². The minimum atomic E-state index is -4.03. The van der Waals surface area contributed by atoms with Gasteiger partial charge >= 0.3 is 5.69 Å². The van der Waals surface area contributed by atoms with Crippen LogP contribution in [0.25, 0.3) is 0 Å². The van der Waals surface area contributed by atoms with Crippen molar-refractivity contribution in [3.8, 4) is 0 Å². The third-order valence-corrected chi connectivity index (χ3v) is 5.80. The fraction of sp³-hybridized carbons (Fsp3) is 0.714. The van der Waals surface area contributed by atoms with Gasteiger partial charge in [-0.15, -0.1) is 0 Å². The molecule has 1 aliphatic carbocycles. The summed E-state index contributed by atoms with van der Waals surface area (Å²) in [6.45, 7) is 0.0847. The molecule has 0 aromatic carbocycles. The van der Waals surface area contributed by atoms with Gasteiger partial charge in [-0.2, -0.15) is 0 Å². The second kappa shape index (κ2) is 6.58. The van der Waals surface area contributed by atoms with Crippen LogP contribution in [0.3, 0.4) is 0 Å². The Kier molecular flexibility index (Phi) is 5.12. The van der Waals surface area contributed by atoms with Gasteiger partial charge in [-0.25, -0.2) is 17.9 Å². The number of nitrogens with one attached hydrogen (secondary N) is 1. The maximum atomic E-state index is 12.4. The van der Waals surface area contributed by atoms with E-state index in [-0.39, 0.29) is 6.54 Å². The molecule has 1 fully saturated rings. The molecule has 9 heteroatoms. The van der Waals surface area contributed by atoms with E-state index in [1.165, 1.54) is 14.1 Å². The Morgan fingerprint density at radius 2 is 1.74 bits per heavy atom. The van der Waals surface area contributed by atoms with E-state index in [9.17, 15) is 18.0 Å². The van der Waals surface area contributed by atoms with Crippen molar-refractivity contribution in [1.29, 1.82) is 0 Å². The largest absolute Gasteiger partial charge is 0.330 e. The maximum Gasteiger partial charge on any atom is 0.330 e. The number of aryl methyl sites for hydroxylation is 1. The molecule has 1 heterocycles. The van der Waals surface area contributed by atoms with Crippen LogP contribution in [0, 0.1) is 0 Å². The molecule has 0 bridgehead atoms. The van der Waals surface area contributed by atoms with Crippen molar-refractivity contribution in [2.45, 2.75) is 49.0 Å². The van der Waals surface area contributed by atoms with Gasteiger partial charge in [-0.3, -0.25) is 9.36 Å². The zero-order valence-corrected chi connectivity index (χ0v) is 14.4. The van der Waals surface area contributed by atoms with Gasteiger partial charge in [0.05, 0.1) is 0 Å². The number of sulfonamides is 1. The topological polar surface area (TPSA) is 116 Å². The minimum absolute atomic E-state index is 0.0847. The Morgan fingerprint density at radius 1 is 1.17 bits per heavy atom. The fourth-order valence-electron chi connectivity index (χ4n) is 2.89. The molecule has 8 nitrogen and oxygen atoms in total. The highest BCUT2D eigenvalue weighted by molar-refractivity contribution is 7.89. The normalized spacial score (nSPS) is 18.6. The quantitative estimate of drug-likeness (QED) is 0.709. The number of nitrogens with two attached hydrogens (primary N) is 1. The summed E-state index contributed by atoms with van der Waals surface area (Å²) in [7, 11) is -1.38. The summed E-state index contributed by atoms with van der Waals surface area (Å²) >= 11 is 0. The fourth-order valence-corrected chi connectivity index (χ4v) is 4.18. The lowest BCUT2D eigenvalue weighted by Crippen LogP contribution is -2.50. The van der Waals surface area contributed by atoms with E-state index in [1.54, 1.807) is 0 Å². The average Bonchev–Trinajstić information content (AvgIpc) is 2.72. The van der Waals surface area contributed by atoms with Crippen LogP contribution in [0.5, 0.6) is 0 Å². The van der Waals surface area contributed by atoms with Crippen molar-refractivity contribution < 1.29 is 8.42 Å². The second-order valence-electron chi connectivity index (χ2n) is 6.35. The highest BCUT2D eigenvalue weighted by Crippen LogP contribution is 2.24. The Morgan fingerprint density at radius 3 is 2.30 bits per heavy atom. The SMILES string of the molecule is Cn1cc(S(=O)(=O)NCC2(N)CCCCCC2)c(=O)n(C)c1=O. The van der Waals surface area contributed by atoms with Gasteiger partial charge in [0.25, 0.3) is 5.56 Å². The number of hydrogen-bond donors (Lipinski definition) is 2. The van der Waals surface area contributed by atoms with Crippen molar-refractivity contribution in [1.82, 2.24) is 13.9 Å². The smallest absolute Gasteiger partial charge is 0.324 e. The van der Waals surface area contributed by atoms with Gasteiger partial charge in [-0.05, 0) is 12.8 Å². The van der Waals surface area contributed by atoms with Gasteiger partial charge in [0.15, 0.2) is 4.90 Å². The van der Waals surface area contributed by atoms with Crippen molar-refractivity contribution in [2.75, 3.05) is 6.54 Å². The summed E-state index contributed by atoms with van der Waals surface area (Å²) < 4.78 is 29.2. The number of aromatic nitrogens is 2. The molecule has 23 heavy (non-hydrogen) atoms. The molecule has 1 saturated carbocycles. The van der Waals surface area contributed by atoms with Crippen LogP contribution in [0.4, 0.5) is 0 Å². The Balaban J connectivity index is 2.26. The Labute approximate surface area is 135 Å². The molecule has 0 atom stereocenters. The monoisotopic (exact) mass is 344 g/mol. The minimum Gasteiger partial charge on any atom is -0.324 e. The van der Waals surface area contributed by atoms with Gasteiger partial charge < -0.3 is 10.3 Å². The standard InChI is InChI=1S/C14H24N4O4S/c1-17-9-11(12(19)18(2)13(17)20)23(21,22)16-10-14(15)7-5-3-4-6-8-14/h9,16H,3-8,10,15H2,1-2H3. The number of hydrogen-bond acceptors (Lipinski definition) is 5. The molecule has 3 N–H and O–H groups in total. The molecule has 130 valence electrons. The van der Waals surface area contributed by atoms with Crippen molar-refractivity contribution in [3.63, 3.8) is 0 Å². The van der Waals surface area contributed by atoms with Crippen LogP contribution in [0.2, 0.25) is 0 Å².